The highest BCUT2D eigenvalue weighted by molar-refractivity contribution is 6.09. The molecule has 3 rings (SSSR count). The van der Waals surface area contributed by atoms with Crippen LogP contribution in [0.1, 0.15) is 89.8 Å². The summed E-state index contributed by atoms with van der Waals surface area (Å²) in [4.78, 5) is 39.6. The van der Waals surface area contributed by atoms with Crippen LogP contribution in [0.5, 0.6) is 0 Å². The molecule has 1 aliphatic heterocycles. The molecule has 1 aliphatic carbocycles. The SMILES string of the molecule is CCC1CCC2(CC1)NC(=O)N(CC(=O)NC(c1ccc(C(C)C)cc1)C(C)C)C2=O. The van der Waals surface area contributed by atoms with Gasteiger partial charge in [0, 0.05) is 0 Å². The van der Waals surface area contributed by atoms with Crippen molar-refractivity contribution in [3.8, 4) is 0 Å². The number of amides is 4. The molecule has 1 unspecified atom stereocenters. The zero-order valence-corrected chi connectivity index (χ0v) is 19.5. The molecule has 0 aromatic heterocycles. The molecule has 6 nitrogen and oxygen atoms in total. The second-order valence-corrected chi connectivity index (χ2v) is 9.87. The van der Waals surface area contributed by atoms with Gasteiger partial charge >= 0.3 is 6.03 Å². The van der Waals surface area contributed by atoms with E-state index in [1.165, 1.54) is 5.56 Å². The summed E-state index contributed by atoms with van der Waals surface area (Å²) in [5, 5.41) is 5.95. The van der Waals surface area contributed by atoms with Gasteiger partial charge in [-0.1, -0.05) is 65.3 Å². The van der Waals surface area contributed by atoms with Crippen molar-refractivity contribution in [2.75, 3.05) is 6.54 Å². The molecule has 2 N–H and O–H groups in total. The highest BCUT2D eigenvalue weighted by atomic mass is 16.2. The Kier molecular flexibility index (Phi) is 7.07. The quantitative estimate of drug-likeness (QED) is 0.628. The summed E-state index contributed by atoms with van der Waals surface area (Å²) in [6.45, 7) is 10.3. The molecule has 2 fully saturated rings. The topological polar surface area (TPSA) is 78.5 Å². The van der Waals surface area contributed by atoms with Crippen molar-refractivity contribution in [3.63, 3.8) is 0 Å². The summed E-state index contributed by atoms with van der Waals surface area (Å²) in [6.07, 6.45) is 4.28. The number of carbonyl (C=O) groups is 3. The van der Waals surface area contributed by atoms with E-state index in [1.54, 1.807) is 0 Å². The standard InChI is InChI=1S/C25H37N3O3/c1-6-18-11-13-25(14-12-18)23(30)28(24(31)27-25)15-21(29)26-22(17(4)5)20-9-7-19(8-10-20)16(2)3/h7-10,16-18,22H,6,11-15H2,1-5H3,(H,26,29)(H,27,31). The Morgan fingerprint density at radius 3 is 2.19 bits per heavy atom. The van der Waals surface area contributed by atoms with Gasteiger partial charge in [-0.15, -0.1) is 0 Å². The average Bonchev–Trinajstić information content (AvgIpc) is 2.96. The van der Waals surface area contributed by atoms with Crippen LogP contribution in [0.25, 0.3) is 0 Å². The van der Waals surface area contributed by atoms with Crippen molar-refractivity contribution in [1.82, 2.24) is 15.5 Å². The fraction of sp³-hybridized carbons (Fsp3) is 0.640. The maximum Gasteiger partial charge on any atom is 0.325 e. The van der Waals surface area contributed by atoms with E-state index in [9.17, 15) is 14.4 Å². The molecule has 1 aromatic rings. The van der Waals surface area contributed by atoms with Crippen molar-refractivity contribution in [1.29, 1.82) is 0 Å². The Morgan fingerprint density at radius 1 is 1.10 bits per heavy atom. The summed E-state index contributed by atoms with van der Waals surface area (Å²) in [6, 6.07) is 7.66. The first kappa shape index (κ1) is 23.3. The third-order valence-electron chi connectivity index (χ3n) is 7.03. The zero-order valence-electron chi connectivity index (χ0n) is 19.5. The second-order valence-electron chi connectivity index (χ2n) is 9.87. The molecule has 4 amide bonds. The number of hydrogen-bond donors (Lipinski definition) is 2. The van der Waals surface area contributed by atoms with Gasteiger partial charge in [-0.05, 0) is 54.6 Å². The lowest BCUT2D eigenvalue weighted by atomic mass is 9.75. The zero-order chi connectivity index (χ0) is 22.8. The highest BCUT2D eigenvalue weighted by Crippen LogP contribution is 2.37. The van der Waals surface area contributed by atoms with Crippen LogP contribution >= 0.6 is 0 Å². The third kappa shape index (κ3) is 4.94. The van der Waals surface area contributed by atoms with Crippen molar-refractivity contribution < 1.29 is 14.4 Å². The predicted molar refractivity (Wildman–Crippen MR) is 121 cm³/mol. The maximum atomic E-state index is 13.1. The van der Waals surface area contributed by atoms with Gasteiger partial charge in [0.05, 0.1) is 6.04 Å². The van der Waals surface area contributed by atoms with Crippen molar-refractivity contribution in [2.45, 2.75) is 84.2 Å². The Bertz CT molecular complexity index is 808. The van der Waals surface area contributed by atoms with Crippen LogP contribution in [0, 0.1) is 11.8 Å². The molecular formula is C25H37N3O3. The van der Waals surface area contributed by atoms with Gasteiger partial charge in [0.2, 0.25) is 5.91 Å². The summed E-state index contributed by atoms with van der Waals surface area (Å²) in [7, 11) is 0. The average molecular weight is 428 g/mol. The van der Waals surface area contributed by atoms with Crippen LogP contribution in [-0.4, -0.2) is 34.8 Å². The Hall–Kier alpha value is -2.37. The second kappa shape index (κ2) is 9.41. The summed E-state index contributed by atoms with van der Waals surface area (Å²) >= 11 is 0. The minimum Gasteiger partial charge on any atom is -0.347 e. The molecule has 1 aromatic carbocycles. The van der Waals surface area contributed by atoms with Crippen LogP contribution in [0.4, 0.5) is 4.79 Å². The number of rotatable bonds is 7. The summed E-state index contributed by atoms with van der Waals surface area (Å²) < 4.78 is 0. The van der Waals surface area contributed by atoms with Crippen molar-refractivity contribution in [2.24, 2.45) is 11.8 Å². The summed E-state index contributed by atoms with van der Waals surface area (Å²) in [5.74, 6) is 0.675. The Labute approximate surface area is 186 Å². The van der Waals surface area contributed by atoms with E-state index >= 15 is 0 Å². The largest absolute Gasteiger partial charge is 0.347 e. The Balaban J connectivity index is 1.66. The molecule has 1 heterocycles. The fourth-order valence-corrected chi connectivity index (χ4v) is 4.82. The van der Waals surface area contributed by atoms with Crippen LogP contribution in [0.2, 0.25) is 0 Å². The molecule has 170 valence electrons. The molecule has 2 aliphatic rings. The predicted octanol–water partition coefficient (Wildman–Crippen LogP) is 4.51. The normalized spacial score (nSPS) is 24.7. The van der Waals surface area contributed by atoms with Gasteiger partial charge in [0.15, 0.2) is 0 Å². The molecule has 6 heteroatoms. The lowest BCUT2D eigenvalue weighted by Gasteiger charge is -2.34. The number of carbonyl (C=O) groups excluding carboxylic acids is 3. The number of hydrogen-bond acceptors (Lipinski definition) is 3. The van der Waals surface area contributed by atoms with Crippen molar-refractivity contribution in [3.05, 3.63) is 35.4 Å². The van der Waals surface area contributed by atoms with E-state index in [0.29, 0.717) is 24.7 Å². The van der Waals surface area contributed by atoms with E-state index in [2.05, 4.69) is 69.5 Å². The molecule has 1 spiro atoms. The highest BCUT2D eigenvalue weighted by Gasteiger charge is 2.52. The maximum absolute atomic E-state index is 13.1. The van der Waals surface area contributed by atoms with Crippen LogP contribution in [0.3, 0.4) is 0 Å². The van der Waals surface area contributed by atoms with Crippen LogP contribution < -0.4 is 10.6 Å². The van der Waals surface area contributed by atoms with Crippen LogP contribution in [-0.2, 0) is 9.59 Å². The van der Waals surface area contributed by atoms with Gasteiger partial charge in [-0.25, -0.2) is 4.79 Å². The van der Waals surface area contributed by atoms with Gasteiger partial charge < -0.3 is 10.6 Å². The number of nitrogens with one attached hydrogen (secondary N) is 2. The Morgan fingerprint density at radius 2 is 1.68 bits per heavy atom. The third-order valence-corrected chi connectivity index (χ3v) is 7.03. The summed E-state index contributed by atoms with van der Waals surface area (Å²) in [5.41, 5.74) is 1.46. The first-order valence-electron chi connectivity index (χ1n) is 11.7. The van der Waals surface area contributed by atoms with Crippen LogP contribution in [0.15, 0.2) is 24.3 Å². The lowest BCUT2D eigenvalue weighted by Crippen LogP contribution is -2.50. The number of nitrogens with zero attached hydrogens (tertiary/aromatic N) is 1. The minimum absolute atomic E-state index is 0.174. The van der Waals surface area contributed by atoms with E-state index < -0.39 is 11.6 Å². The fourth-order valence-electron chi connectivity index (χ4n) is 4.82. The van der Waals surface area contributed by atoms with Gasteiger partial charge in [0.1, 0.15) is 12.1 Å². The molecule has 1 saturated heterocycles. The molecule has 1 saturated carbocycles. The first-order chi connectivity index (χ1) is 14.7. The molecule has 1 atom stereocenters. The van der Waals surface area contributed by atoms with Crippen molar-refractivity contribution >= 4 is 17.8 Å². The molecule has 31 heavy (non-hydrogen) atoms. The first-order valence-corrected chi connectivity index (χ1v) is 11.7. The van der Waals surface area contributed by atoms with E-state index in [1.807, 2.05) is 0 Å². The molecular weight excluding hydrogens is 390 g/mol. The number of benzene rings is 1. The van der Waals surface area contributed by atoms with Gasteiger partial charge in [0.25, 0.3) is 5.91 Å². The minimum atomic E-state index is -0.812. The molecule has 0 radical (unpaired) electrons. The lowest BCUT2D eigenvalue weighted by molar-refractivity contribution is -0.136. The van der Waals surface area contributed by atoms with E-state index in [-0.39, 0.29) is 30.3 Å². The molecule has 0 bridgehead atoms. The number of urea groups is 1. The monoisotopic (exact) mass is 427 g/mol. The van der Waals surface area contributed by atoms with Gasteiger partial charge in [-0.2, -0.15) is 0 Å². The van der Waals surface area contributed by atoms with E-state index in [0.717, 1.165) is 29.7 Å². The van der Waals surface area contributed by atoms with E-state index in [4.69, 9.17) is 0 Å². The van der Waals surface area contributed by atoms with Gasteiger partial charge in [-0.3, -0.25) is 14.5 Å². The number of imide groups is 1. The smallest absolute Gasteiger partial charge is 0.325 e.